The molecule has 1 aromatic carbocycles. The smallest absolute Gasteiger partial charge is 0.219 e. The highest BCUT2D eigenvalue weighted by Gasteiger charge is 2.28. The number of fused-ring (bicyclic) bond motifs is 1. The van der Waals surface area contributed by atoms with Crippen LogP contribution in [-0.4, -0.2) is 31.9 Å². The van der Waals surface area contributed by atoms with Crippen LogP contribution < -0.4 is 20.5 Å². The topological polar surface area (TPSA) is 66.1 Å². The molecule has 6 heteroatoms. The van der Waals surface area contributed by atoms with E-state index in [1.54, 1.807) is 0 Å². The molecule has 128 valence electrons. The molecule has 2 unspecified atom stereocenters. The summed E-state index contributed by atoms with van der Waals surface area (Å²) in [6.07, 6.45) is 6.81. The van der Waals surface area contributed by atoms with Crippen molar-refractivity contribution in [3.8, 4) is 0 Å². The van der Waals surface area contributed by atoms with Crippen LogP contribution in [0.15, 0.2) is 54.3 Å². The van der Waals surface area contributed by atoms with E-state index < -0.39 is 0 Å². The van der Waals surface area contributed by atoms with Crippen molar-refractivity contribution < 1.29 is 10.1 Å². The third-order valence-corrected chi connectivity index (χ3v) is 4.28. The van der Waals surface area contributed by atoms with Crippen LogP contribution in [0.4, 0.5) is 5.69 Å². The Hall–Kier alpha value is -2.44. The quantitative estimate of drug-likeness (QED) is 0.626. The average molecular weight is 327 g/mol. The lowest BCUT2D eigenvalue weighted by Gasteiger charge is -2.32. The molecule has 0 radical (unpaired) electrons. The summed E-state index contributed by atoms with van der Waals surface area (Å²) in [4.78, 5) is 2.08. The summed E-state index contributed by atoms with van der Waals surface area (Å²) >= 11 is 0. The second kappa shape index (κ2) is 6.98. The van der Waals surface area contributed by atoms with Gasteiger partial charge >= 0.3 is 0 Å². The van der Waals surface area contributed by atoms with E-state index in [0.29, 0.717) is 0 Å². The average Bonchev–Trinajstić information content (AvgIpc) is 3.03. The maximum Gasteiger partial charge on any atom is 0.219 e. The van der Waals surface area contributed by atoms with Gasteiger partial charge in [-0.3, -0.25) is 5.43 Å². The number of nitrogens with one attached hydrogen (secondary N) is 3. The van der Waals surface area contributed by atoms with Gasteiger partial charge in [0.05, 0.1) is 6.20 Å². The molecule has 2 aliphatic heterocycles. The van der Waals surface area contributed by atoms with E-state index in [-0.39, 0.29) is 12.6 Å². The summed E-state index contributed by atoms with van der Waals surface area (Å²) < 4.78 is 0. The van der Waals surface area contributed by atoms with Crippen molar-refractivity contribution >= 4 is 11.4 Å². The van der Waals surface area contributed by atoms with E-state index in [1.165, 1.54) is 5.69 Å². The van der Waals surface area contributed by atoms with Gasteiger partial charge in [0.25, 0.3) is 0 Å². The van der Waals surface area contributed by atoms with Crippen molar-refractivity contribution in [2.24, 2.45) is 0 Å². The van der Waals surface area contributed by atoms with Crippen LogP contribution in [0.1, 0.15) is 18.9 Å². The number of hydrogen-bond donors (Lipinski definition) is 4. The number of quaternary nitrogens is 1. The van der Waals surface area contributed by atoms with E-state index in [9.17, 15) is 5.11 Å². The third-order valence-electron chi connectivity index (χ3n) is 4.28. The molecular weight excluding hydrogens is 302 g/mol. The summed E-state index contributed by atoms with van der Waals surface area (Å²) in [5.74, 6) is 1.79. The monoisotopic (exact) mass is 327 g/mol. The Morgan fingerprint density at radius 2 is 2.00 bits per heavy atom. The van der Waals surface area contributed by atoms with Gasteiger partial charge in [0, 0.05) is 38.0 Å². The zero-order valence-corrected chi connectivity index (χ0v) is 14.4. The standard InChI is InChI=1S/C18H25N5O/c1-4-14(12-24)20-17-9-10-18-19-11-16(23(18)21-17)13-5-7-15(8-6-13)22(2)3/h5-11,14,19-20,23-24H,4,12H2,1-3H3. The maximum atomic E-state index is 9.36. The fourth-order valence-corrected chi connectivity index (χ4v) is 2.72. The Balaban J connectivity index is 1.75. The van der Waals surface area contributed by atoms with Crippen molar-refractivity contribution in [3.63, 3.8) is 0 Å². The normalized spacial score (nSPS) is 20.0. The molecule has 0 amide bonds. The van der Waals surface area contributed by atoms with Gasteiger partial charge in [0.1, 0.15) is 0 Å². The molecule has 2 aliphatic rings. The number of benzene rings is 1. The van der Waals surface area contributed by atoms with Crippen LogP contribution in [0.5, 0.6) is 0 Å². The van der Waals surface area contributed by atoms with Crippen LogP contribution >= 0.6 is 0 Å². The van der Waals surface area contributed by atoms with Gasteiger partial charge in [0.2, 0.25) is 5.82 Å². The van der Waals surface area contributed by atoms with E-state index >= 15 is 0 Å². The molecule has 6 nitrogen and oxygen atoms in total. The molecular formula is C18H25N5O. The summed E-state index contributed by atoms with van der Waals surface area (Å²) in [5.41, 5.74) is 8.12. The summed E-state index contributed by atoms with van der Waals surface area (Å²) in [7, 11) is 4.07. The van der Waals surface area contributed by atoms with Gasteiger partial charge in [-0.15, -0.1) is 0 Å². The molecule has 0 spiro atoms. The van der Waals surface area contributed by atoms with Crippen LogP contribution in [0.25, 0.3) is 11.1 Å². The number of rotatable bonds is 6. The fourth-order valence-electron chi connectivity index (χ4n) is 2.72. The zero-order chi connectivity index (χ0) is 17.1. The second-order valence-corrected chi connectivity index (χ2v) is 6.17. The van der Waals surface area contributed by atoms with Crippen LogP contribution in [0, 0.1) is 0 Å². The summed E-state index contributed by atoms with van der Waals surface area (Å²) in [6, 6.07) is 8.46. The predicted molar refractivity (Wildman–Crippen MR) is 96.7 cm³/mol. The lowest BCUT2D eigenvalue weighted by atomic mass is 10.1. The van der Waals surface area contributed by atoms with Crippen LogP contribution in [0.3, 0.4) is 0 Å². The van der Waals surface area contributed by atoms with Crippen molar-refractivity contribution in [1.29, 1.82) is 0 Å². The zero-order valence-electron chi connectivity index (χ0n) is 14.4. The van der Waals surface area contributed by atoms with Gasteiger partial charge in [0.15, 0.2) is 5.70 Å². The maximum absolute atomic E-state index is 9.36. The highest BCUT2D eigenvalue weighted by Crippen LogP contribution is 2.20. The lowest BCUT2D eigenvalue weighted by molar-refractivity contribution is -0.736. The fraction of sp³-hybridized carbons (Fsp3) is 0.333. The number of anilines is 1. The first-order chi connectivity index (χ1) is 11.6. The first-order valence-corrected chi connectivity index (χ1v) is 8.25. The SMILES string of the molecule is CCC(CO)NC1=CC=C2NC=C(c3ccc(N(C)C)cc3)[NH+]2[N-]1. The molecule has 0 aromatic heterocycles. The van der Waals surface area contributed by atoms with Gasteiger partial charge in [-0.05, 0) is 36.1 Å². The molecule has 1 aromatic rings. The molecule has 0 fully saturated rings. The number of allylic oxidation sites excluding steroid dienone is 2. The van der Waals surface area contributed by atoms with Crippen molar-refractivity contribution in [1.82, 2.24) is 10.6 Å². The number of hydrogen-bond acceptors (Lipinski definition) is 4. The molecule has 0 aliphatic carbocycles. The van der Waals surface area contributed by atoms with E-state index in [1.807, 2.05) is 39.4 Å². The van der Waals surface area contributed by atoms with Gasteiger partial charge in [-0.1, -0.05) is 19.4 Å². The van der Waals surface area contributed by atoms with Gasteiger partial charge in [-0.25, -0.2) is 5.01 Å². The molecule has 24 heavy (non-hydrogen) atoms. The van der Waals surface area contributed by atoms with Gasteiger partial charge in [-0.2, -0.15) is 0 Å². The third kappa shape index (κ3) is 3.25. The Morgan fingerprint density at radius 3 is 2.62 bits per heavy atom. The summed E-state index contributed by atoms with van der Waals surface area (Å²) in [5, 5.41) is 16.9. The molecule has 3 rings (SSSR count). The Bertz CT molecular complexity index is 671. The van der Waals surface area contributed by atoms with Crippen LogP contribution in [-0.2, 0) is 0 Å². The molecule has 0 saturated heterocycles. The number of aliphatic hydroxyl groups is 1. The first kappa shape index (κ1) is 16.4. The predicted octanol–water partition coefficient (Wildman–Crippen LogP) is 0.885. The van der Waals surface area contributed by atoms with Crippen molar-refractivity contribution in [2.45, 2.75) is 19.4 Å². The minimum absolute atomic E-state index is 0.0247. The van der Waals surface area contributed by atoms with Crippen molar-refractivity contribution in [2.75, 3.05) is 25.6 Å². The number of nitrogens with zero attached hydrogens (tertiary/aromatic N) is 2. The van der Waals surface area contributed by atoms with Gasteiger partial charge < -0.3 is 20.6 Å². The van der Waals surface area contributed by atoms with E-state index in [0.717, 1.165) is 34.3 Å². The number of aliphatic hydroxyl groups excluding tert-OH is 1. The van der Waals surface area contributed by atoms with E-state index in [2.05, 4.69) is 39.8 Å². The molecule has 2 heterocycles. The largest absolute Gasteiger partial charge is 0.473 e. The molecule has 4 N–H and O–H groups in total. The van der Waals surface area contributed by atoms with Crippen molar-refractivity contribution in [3.05, 3.63) is 65.2 Å². The second-order valence-electron chi connectivity index (χ2n) is 6.17. The Labute approximate surface area is 143 Å². The highest BCUT2D eigenvalue weighted by molar-refractivity contribution is 5.64. The minimum Gasteiger partial charge on any atom is -0.473 e. The Kier molecular flexibility index (Phi) is 4.78. The molecule has 0 saturated carbocycles. The first-order valence-electron chi connectivity index (χ1n) is 8.25. The van der Waals surface area contributed by atoms with Crippen LogP contribution in [0.2, 0.25) is 0 Å². The lowest BCUT2D eigenvalue weighted by Crippen LogP contribution is -3.03. The Morgan fingerprint density at radius 1 is 1.25 bits per heavy atom. The van der Waals surface area contributed by atoms with E-state index in [4.69, 9.17) is 5.43 Å². The molecule has 0 bridgehead atoms. The highest BCUT2D eigenvalue weighted by atomic mass is 16.3. The summed E-state index contributed by atoms with van der Waals surface area (Å²) in [6.45, 7) is 2.14. The minimum atomic E-state index is 0.0247. The molecule has 2 atom stereocenters.